The first-order valence-electron chi connectivity index (χ1n) is 7.65. The fourth-order valence-electron chi connectivity index (χ4n) is 3.27. The summed E-state index contributed by atoms with van der Waals surface area (Å²) in [7, 11) is 3.25. The highest BCUT2D eigenvalue weighted by Crippen LogP contribution is 2.46. The fourth-order valence-corrected chi connectivity index (χ4v) is 3.27. The van der Waals surface area contributed by atoms with Crippen molar-refractivity contribution >= 4 is 11.6 Å². The number of methoxy groups -OCH3 is 2. The summed E-state index contributed by atoms with van der Waals surface area (Å²) >= 11 is 0. The SMILES string of the molecule is COC1N(C(=O)Cc2ccccc2)c2ccccc2C1(C)OC. The number of carbonyl (C=O) groups is 1. The van der Waals surface area contributed by atoms with Gasteiger partial charge in [-0.15, -0.1) is 0 Å². The topological polar surface area (TPSA) is 38.8 Å². The Morgan fingerprint density at radius 2 is 1.74 bits per heavy atom. The number of amides is 1. The Balaban J connectivity index is 1.99. The van der Waals surface area contributed by atoms with Crippen molar-refractivity contribution in [3.8, 4) is 0 Å². The molecule has 0 saturated carbocycles. The molecule has 4 heteroatoms. The molecule has 0 spiro atoms. The zero-order chi connectivity index (χ0) is 16.4. The van der Waals surface area contributed by atoms with Crippen LogP contribution in [0.25, 0.3) is 0 Å². The van der Waals surface area contributed by atoms with E-state index in [1.807, 2.05) is 61.5 Å². The molecule has 1 amide bonds. The largest absolute Gasteiger partial charge is 0.369 e. The molecule has 2 atom stereocenters. The molecule has 1 aliphatic rings. The van der Waals surface area contributed by atoms with Crippen LogP contribution in [0, 0.1) is 0 Å². The Morgan fingerprint density at radius 3 is 2.39 bits per heavy atom. The van der Waals surface area contributed by atoms with Gasteiger partial charge in [-0.25, -0.2) is 0 Å². The molecule has 2 aromatic rings. The number of ether oxygens (including phenoxy) is 2. The van der Waals surface area contributed by atoms with Crippen LogP contribution in [0.3, 0.4) is 0 Å². The summed E-state index contributed by atoms with van der Waals surface area (Å²) in [5.41, 5.74) is 2.12. The van der Waals surface area contributed by atoms with E-state index < -0.39 is 11.8 Å². The minimum Gasteiger partial charge on any atom is -0.369 e. The molecule has 0 aliphatic carbocycles. The molecular formula is C19H21NO3. The summed E-state index contributed by atoms with van der Waals surface area (Å²) in [6.45, 7) is 1.95. The van der Waals surface area contributed by atoms with Crippen molar-refractivity contribution in [3.63, 3.8) is 0 Å². The van der Waals surface area contributed by atoms with Gasteiger partial charge in [0.2, 0.25) is 5.91 Å². The summed E-state index contributed by atoms with van der Waals surface area (Å²) < 4.78 is 11.4. The molecule has 1 heterocycles. The van der Waals surface area contributed by atoms with E-state index in [0.717, 1.165) is 16.8 Å². The molecular weight excluding hydrogens is 290 g/mol. The van der Waals surface area contributed by atoms with Gasteiger partial charge in [0.1, 0.15) is 5.60 Å². The third-order valence-corrected chi connectivity index (χ3v) is 4.52. The normalized spacial score (nSPS) is 22.9. The maximum Gasteiger partial charge on any atom is 0.233 e. The number of rotatable bonds is 4. The number of fused-ring (bicyclic) bond motifs is 1. The average Bonchev–Trinajstić information content (AvgIpc) is 2.85. The summed E-state index contributed by atoms with van der Waals surface area (Å²) in [5, 5.41) is 0. The van der Waals surface area contributed by atoms with Crippen LogP contribution in [-0.4, -0.2) is 26.4 Å². The molecule has 3 rings (SSSR count). The number of hydrogen-bond acceptors (Lipinski definition) is 3. The first kappa shape index (κ1) is 15.7. The second-order valence-electron chi connectivity index (χ2n) is 5.84. The molecule has 0 saturated heterocycles. The van der Waals surface area contributed by atoms with Gasteiger partial charge in [0, 0.05) is 19.8 Å². The van der Waals surface area contributed by atoms with Crippen LogP contribution in [0.5, 0.6) is 0 Å². The van der Waals surface area contributed by atoms with Gasteiger partial charge in [0.05, 0.1) is 12.1 Å². The second-order valence-corrected chi connectivity index (χ2v) is 5.84. The first-order valence-corrected chi connectivity index (χ1v) is 7.65. The standard InChI is InChI=1S/C19H21NO3/c1-19(23-3)15-11-7-8-12-16(15)20(18(19)22-2)17(21)13-14-9-5-4-6-10-14/h4-12,18H,13H2,1-3H3. The molecule has 2 unspecified atom stereocenters. The Kier molecular flexibility index (Phi) is 4.20. The summed E-state index contributed by atoms with van der Waals surface area (Å²) in [6, 6.07) is 17.5. The van der Waals surface area contributed by atoms with Crippen molar-refractivity contribution in [2.45, 2.75) is 25.2 Å². The zero-order valence-electron chi connectivity index (χ0n) is 13.7. The number of carbonyl (C=O) groups excluding carboxylic acids is 1. The van der Waals surface area contributed by atoms with E-state index in [-0.39, 0.29) is 5.91 Å². The van der Waals surface area contributed by atoms with Crippen molar-refractivity contribution in [1.82, 2.24) is 0 Å². The lowest BCUT2D eigenvalue weighted by Crippen LogP contribution is -2.48. The van der Waals surface area contributed by atoms with Crippen LogP contribution in [0.15, 0.2) is 54.6 Å². The van der Waals surface area contributed by atoms with E-state index in [2.05, 4.69) is 0 Å². The molecule has 0 radical (unpaired) electrons. The highest BCUT2D eigenvalue weighted by molar-refractivity contribution is 5.97. The highest BCUT2D eigenvalue weighted by atomic mass is 16.6. The third kappa shape index (κ3) is 2.54. The number of benzene rings is 2. The molecule has 0 fully saturated rings. The van der Waals surface area contributed by atoms with Crippen LogP contribution in [0.1, 0.15) is 18.1 Å². The Labute approximate surface area is 136 Å². The lowest BCUT2D eigenvalue weighted by Gasteiger charge is -2.33. The smallest absolute Gasteiger partial charge is 0.233 e. The minimum atomic E-state index is -0.683. The summed E-state index contributed by atoms with van der Waals surface area (Å²) in [5.74, 6) is -0.00345. The molecule has 4 nitrogen and oxygen atoms in total. The van der Waals surface area contributed by atoms with E-state index in [0.29, 0.717) is 6.42 Å². The summed E-state index contributed by atoms with van der Waals surface area (Å²) in [4.78, 5) is 14.7. The first-order chi connectivity index (χ1) is 11.1. The van der Waals surface area contributed by atoms with E-state index in [4.69, 9.17) is 9.47 Å². The van der Waals surface area contributed by atoms with Crippen molar-refractivity contribution in [2.24, 2.45) is 0 Å². The third-order valence-electron chi connectivity index (χ3n) is 4.52. The fraction of sp³-hybridized carbons (Fsp3) is 0.316. The maximum atomic E-state index is 12.9. The Morgan fingerprint density at radius 1 is 1.09 bits per heavy atom. The van der Waals surface area contributed by atoms with Crippen molar-refractivity contribution in [3.05, 3.63) is 65.7 Å². The molecule has 0 N–H and O–H groups in total. The molecule has 2 aromatic carbocycles. The van der Waals surface area contributed by atoms with Crippen LogP contribution < -0.4 is 4.90 Å². The van der Waals surface area contributed by atoms with Gasteiger partial charge in [-0.05, 0) is 18.6 Å². The van der Waals surface area contributed by atoms with E-state index in [1.165, 1.54) is 0 Å². The lowest BCUT2D eigenvalue weighted by atomic mass is 9.97. The van der Waals surface area contributed by atoms with Crippen molar-refractivity contribution in [1.29, 1.82) is 0 Å². The van der Waals surface area contributed by atoms with Gasteiger partial charge in [0.25, 0.3) is 0 Å². The quantitative estimate of drug-likeness (QED) is 0.871. The van der Waals surface area contributed by atoms with Crippen LogP contribution in [-0.2, 0) is 26.3 Å². The maximum absolute atomic E-state index is 12.9. The monoisotopic (exact) mass is 311 g/mol. The van der Waals surface area contributed by atoms with Gasteiger partial charge in [-0.2, -0.15) is 0 Å². The lowest BCUT2D eigenvalue weighted by molar-refractivity contribution is -0.130. The van der Waals surface area contributed by atoms with Gasteiger partial charge < -0.3 is 9.47 Å². The van der Waals surface area contributed by atoms with Gasteiger partial charge in [-0.3, -0.25) is 9.69 Å². The zero-order valence-corrected chi connectivity index (χ0v) is 13.7. The number of para-hydroxylation sites is 1. The van der Waals surface area contributed by atoms with Gasteiger partial charge in [0.15, 0.2) is 6.23 Å². The number of hydrogen-bond donors (Lipinski definition) is 0. The molecule has 1 aliphatic heterocycles. The second kappa shape index (κ2) is 6.14. The Bertz CT molecular complexity index is 701. The minimum absolute atomic E-state index is 0.00345. The van der Waals surface area contributed by atoms with E-state index in [1.54, 1.807) is 19.1 Å². The van der Waals surface area contributed by atoms with Gasteiger partial charge >= 0.3 is 0 Å². The van der Waals surface area contributed by atoms with Crippen LogP contribution in [0.4, 0.5) is 5.69 Å². The van der Waals surface area contributed by atoms with E-state index >= 15 is 0 Å². The van der Waals surface area contributed by atoms with Crippen LogP contribution >= 0.6 is 0 Å². The average molecular weight is 311 g/mol. The van der Waals surface area contributed by atoms with E-state index in [9.17, 15) is 4.79 Å². The molecule has 0 aromatic heterocycles. The summed E-state index contributed by atoms with van der Waals surface area (Å²) in [6.07, 6.45) is -0.157. The van der Waals surface area contributed by atoms with Crippen molar-refractivity contribution in [2.75, 3.05) is 19.1 Å². The van der Waals surface area contributed by atoms with Gasteiger partial charge in [-0.1, -0.05) is 48.5 Å². The molecule has 23 heavy (non-hydrogen) atoms. The molecule has 120 valence electrons. The predicted molar refractivity (Wildman–Crippen MR) is 89.2 cm³/mol. The number of nitrogens with zero attached hydrogens (tertiary/aromatic N) is 1. The van der Waals surface area contributed by atoms with Crippen molar-refractivity contribution < 1.29 is 14.3 Å². The molecule has 0 bridgehead atoms. The number of anilines is 1. The Hall–Kier alpha value is -2.17. The predicted octanol–water partition coefficient (Wildman–Crippen LogP) is 3.11. The van der Waals surface area contributed by atoms with Crippen LogP contribution in [0.2, 0.25) is 0 Å². The highest BCUT2D eigenvalue weighted by Gasteiger charge is 2.50.